The van der Waals surface area contributed by atoms with Crippen LogP contribution in [0.2, 0.25) is 0 Å². The van der Waals surface area contributed by atoms with Crippen molar-refractivity contribution in [3.63, 3.8) is 0 Å². The molecular weight excluding hydrogens is 226 g/mol. The molecule has 2 aromatic rings. The lowest BCUT2D eigenvalue weighted by atomic mass is 10.0. The first-order valence-electron chi connectivity index (χ1n) is 5.96. The molecule has 1 aromatic carbocycles. The first kappa shape index (κ1) is 14.1. The fraction of sp³-hybridized carbons (Fsp3) is 0.200. The van der Waals surface area contributed by atoms with E-state index < -0.39 is 0 Å². The summed E-state index contributed by atoms with van der Waals surface area (Å²) in [5.74, 6) is -0.0578. The molecule has 0 aliphatic carbocycles. The summed E-state index contributed by atoms with van der Waals surface area (Å²) in [6, 6.07) is 10.4. The Balaban J connectivity index is 0.000000771. The zero-order valence-corrected chi connectivity index (χ0v) is 10.6. The summed E-state index contributed by atoms with van der Waals surface area (Å²) in [6.07, 6.45) is 3.17. The molecule has 0 unspecified atom stereocenters. The van der Waals surface area contributed by atoms with Gasteiger partial charge < -0.3 is 5.11 Å². The van der Waals surface area contributed by atoms with Crippen molar-refractivity contribution in [1.82, 2.24) is 4.98 Å². The molecule has 94 valence electrons. The van der Waals surface area contributed by atoms with Crippen LogP contribution in [0, 0.1) is 0 Å². The Kier molecular flexibility index (Phi) is 5.74. The normalized spacial score (nSPS) is 9.28. The van der Waals surface area contributed by atoms with Crippen molar-refractivity contribution < 1.29 is 9.90 Å². The number of aliphatic hydroxyl groups excluding tert-OH is 1. The Morgan fingerprint density at radius 3 is 2.28 bits per heavy atom. The van der Waals surface area contributed by atoms with Gasteiger partial charge in [0.25, 0.3) is 0 Å². The van der Waals surface area contributed by atoms with Crippen molar-refractivity contribution in [3.05, 3.63) is 65.5 Å². The van der Waals surface area contributed by atoms with Crippen LogP contribution in [0.25, 0.3) is 0 Å². The van der Waals surface area contributed by atoms with Crippen LogP contribution in [0.4, 0.5) is 0 Å². The van der Waals surface area contributed by atoms with Gasteiger partial charge in [0, 0.05) is 23.5 Å². The minimum Gasteiger partial charge on any atom is -0.392 e. The van der Waals surface area contributed by atoms with Crippen molar-refractivity contribution in [1.29, 1.82) is 0 Å². The smallest absolute Gasteiger partial charge is 0.194 e. The van der Waals surface area contributed by atoms with Crippen LogP contribution >= 0.6 is 0 Å². The maximum atomic E-state index is 11.9. The molecule has 1 aromatic heterocycles. The van der Waals surface area contributed by atoms with Crippen molar-refractivity contribution in [2.75, 3.05) is 0 Å². The summed E-state index contributed by atoms with van der Waals surface area (Å²) >= 11 is 0. The number of nitrogens with zero attached hydrogens (tertiary/aromatic N) is 1. The van der Waals surface area contributed by atoms with Gasteiger partial charge in [-0.25, -0.2) is 0 Å². The van der Waals surface area contributed by atoms with Gasteiger partial charge in [0.05, 0.1) is 6.61 Å². The Morgan fingerprint density at radius 1 is 1.11 bits per heavy atom. The van der Waals surface area contributed by atoms with Crippen molar-refractivity contribution >= 4 is 5.78 Å². The molecule has 0 aliphatic heterocycles. The molecular formula is C15H17NO2. The average Bonchev–Trinajstić information content (AvgIpc) is 2.49. The van der Waals surface area contributed by atoms with E-state index in [1.54, 1.807) is 48.8 Å². The van der Waals surface area contributed by atoms with Crippen molar-refractivity contribution in [2.24, 2.45) is 0 Å². The van der Waals surface area contributed by atoms with Crippen LogP contribution in [-0.4, -0.2) is 15.9 Å². The number of carbonyl (C=O) groups excluding carboxylic acids is 1. The lowest BCUT2D eigenvalue weighted by molar-refractivity contribution is 0.103. The summed E-state index contributed by atoms with van der Waals surface area (Å²) < 4.78 is 0. The van der Waals surface area contributed by atoms with Gasteiger partial charge in [0.2, 0.25) is 0 Å². The van der Waals surface area contributed by atoms with Crippen molar-refractivity contribution in [3.8, 4) is 0 Å². The van der Waals surface area contributed by atoms with Gasteiger partial charge in [-0.1, -0.05) is 38.1 Å². The third kappa shape index (κ3) is 3.50. The Morgan fingerprint density at radius 2 is 1.78 bits per heavy atom. The number of rotatable bonds is 3. The zero-order chi connectivity index (χ0) is 13.4. The highest BCUT2D eigenvalue weighted by Crippen LogP contribution is 2.10. The van der Waals surface area contributed by atoms with E-state index in [4.69, 9.17) is 5.11 Å². The first-order chi connectivity index (χ1) is 8.81. The zero-order valence-electron chi connectivity index (χ0n) is 10.6. The first-order valence-corrected chi connectivity index (χ1v) is 5.96. The van der Waals surface area contributed by atoms with E-state index in [0.717, 1.165) is 5.56 Å². The van der Waals surface area contributed by atoms with Crippen LogP contribution in [0.5, 0.6) is 0 Å². The van der Waals surface area contributed by atoms with E-state index >= 15 is 0 Å². The van der Waals surface area contributed by atoms with Crippen LogP contribution in [0.1, 0.15) is 35.3 Å². The summed E-state index contributed by atoms with van der Waals surface area (Å²) in [5, 5.41) is 8.89. The van der Waals surface area contributed by atoms with E-state index in [9.17, 15) is 4.79 Å². The van der Waals surface area contributed by atoms with Gasteiger partial charge >= 0.3 is 0 Å². The highest BCUT2D eigenvalue weighted by Gasteiger charge is 2.08. The second-order valence-electron chi connectivity index (χ2n) is 3.43. The largest absolute Gasteiger partial charge is 0.392 e. The molecule has 3 nitrogen and oxygen atoms in total. The summed E-state index contributed by atoms with van der Waals surface area (Å²) in [7, 11) is 0. The van der Waals surface area contributed by atoms with Crippen LogP contribution in [0.15, 0.2) is 48.8 Å². The molecule has 0 radical (unpaired) electrons. The van der Waals surface area contributed by atoms with E-state index in [0.29, 0.717) is 11.1 Å². The molecule has 2 rings (SSSR count). The summed E-state index contributed by atoms with van der Waals surface area (Å²) in [4.78, 5) is 15.8. The third-order valence-electron chi connectivity index (χ3n) is 2.32. The van der Waals surface area contributed by atoms with Crippen LogP contribution in [0.3, 0.4) is 0 Å². The minimum atomic E-state index is -0.0578. The predicted molar refractivity (Wildman–Crippen MR) is 71.4 cm³/mol. The fourth-order valence-electron chi connectivity index (χ4n) is 1.43. The van der Waals surface area contributed by atoms with Gasteiger partial charge in [-0.15, -0.1) is 0 Å². The SMILES string of the molecule is CC.O=C(c1ccc(CO)cc1)c1cccnc1. The molecule has 18 heavy (non-hydrogen) atoms. The predicted octanol–water partition coefficient (Wildman–Crippen LogP) is 2.83. The summed E-state index contributed by atoms with van der Waals surface area (Å²) in [5.41, 5.74) is 1.96. The number of aliphatic hydroxyl groups is 1. The quantitative estimate of drug-likeness (QED) is 0.843. The molecule has 0 spiro atoms. The molecule has 3 heteroatoms. The number of carbonyl (C=O) groups is 1. The van der Waals surface area contributed by atoms with Crippen molar-refractivity contribution in [2.45, 2.75) is 20.5 Å². The highest BCUT2D eigenvalue weighted by molar-refractivity contribution is 6.08. The standard InChI is InChI=1S/C13H11NO2.C2H6/c15-9-10-3-5-11(6-4-10)13(16)12-2-1-7-14-8-12;1-2/h1-8,15H,9H2;1-2H3. The van der Waals surface area contributed by atoms with Crippen LogP contribution in [-0.2, 0) is 6.61 Å². The maximum Gasteiger partial charge on any atom is 0.194 e. The Labute approximate surface area is 107 Å². The maximum absolute atomic E-state index is 11.9. The van der Waals surface area contributed by atoms with E-state index in [1.165, 1.54) is 0 Å². The molecule has 0 saturated carbocycles. The molecule has 1 N–H and O–H groups in total. The Hall–Kier alpha value is -2.00. The lowest BCUT2D eigenvalue weighted by Crippen LogP contribution is -2.01. The Bertz CT molecular complexity index is 478. The number of pyridine rings is 1. The fourth-order valence-corrected chi connectivity index (χ4v) is 1.43. The third-order valence-corrected chi connectivity index (χ3v) is 2.32. The lowest BCUT2D eigenvalue weighted by Gasteiger charge is -2.01. The number of hydrogen-bond donors (Lipinski definition) is 1. The van der Waals surface area contributed by atoms with E-state index in [1.807, 2.05) is 13.8 Å². The molecule has 0 saturated heterocycles. The average molecular weight is 243 g/mol. The molecule has 0 fully saturated rings. The molecule has 0 aliphatic rings. The summed E-state index contributed by atoms with van der Waals surface area (Å²) in [6.45, 7) is 3.99. The van der Waals surface area contributed by atoms with Gasteiger partial charge in [-0.05, 0) is 17.7 Å². The highest BCUT2D eigenvalue weighted by atomic mass is 16.3. The minimum absolute atomic E-state index is 0.0125. The molecule has 0 amide bonds. The van der Waals surface area contributed by atoms with Gasteiger partial charge in [0.1, 0.15) is 0 Å². The monoisotopic (exact) mass is 243 g/mol. The number of benzene rings is 1. The van der Waals surface area contributed by atoms with Gasteiger partial charge in [-0.3, -0.25) is 9.78 Å². The molecule has 0 bridgehead atoms. The topological polar surface area (TPSA) is 50.2 Å². The number of aromatic nitrogens is 1. The van der Waals surface area contributed by atoms with E-state index in [-0.39, 0.29) is 12.4 Å². The van der Waals surface area contributed by atoms with Gasteiger partial charge in [-0.2, -0.15) is 0 Å². The number of ketones is 1. The molecule has 0 atom stereocenters. The molecule has 1 heterocycles. The second kappa shape index (κ2) is 7.35. The van der Waals surface area contributed by atoms with E-state index in [2.05, 4.69) is 4.98 Å². The number of hydrogen-bond acceptors (Lipinski definition) is 3. The van der Waals surface area contributed by atoms with Gasteiger partial charge in [0.15, 0.2) is 5.78 Å². The van der Waals surface area contributed by atoms with Crippen LogP contribution < -0.4 is 0 Å². The second-order valence-corrected chi connectivity index (χ2v) is 3.43.